The zero-order valence-electron chi connectivity index (χ0n) is 10.0. The Morgan fingerprint density at radius 3 is 2.31 bits per heavy atom. The van der Waals surface area contributed by atoms with E-state index in [9.17, 15) is 9.59 Å². The van der Waals surface area contributed by atoms with E-state index in [2.05, 4.69) is 6.92 Å². The van der Waals surface area contributed by atoms with Crippen molar-refractivity contribution in [1.82, 2.24) is 0 Å². The molecule has 0 aromatic heterocycles. The number of carbonyl (C=O) groups excluding carboxylic acids is 1. The molecule has 0 unspecified atom stereocenters. The Bertz CT molecular complexity index is 201. The van der Waals surface area contributed by atoms with Crippen LogP contribution in [0.1, 0.15) is 58.3 Å². The number of ether oxygens (including phenoxy) is 1. The predicted octanol–water partition coefficient (Wildman–Crippen LogP) is 2.75. The van der Waals surface area contributed by atoms with Crippen molar-refractivity contribution in [1.29, 1.82) is 0 Å². The van der Waals surface area contributed by atoms with Crippen LogP contribution in [0.25, 0.3) is 0 Å². The minimum absolute atomic E-state index is 0.0593. The number of aliphatic carboxylic acids is 1. The number of rotatable bonds is 10. The quantitative estimate of drug-likeness (QED) is 0.463. The van der Waals surface area contributed by atoms with Crippen LogP contribution in [0.3, 0.4) is 0 Å². The Morgan fingerprint density at radius 2 is 1.69 bits per heavy atom. The molecule has 94 valence electrons. The van der Waals surface area contributed by atoms with Crippen molar-refractivity contribution in [2.75, 3.05) is 6.61 Å². The van der Waals surface area contributed by atoms with Crippen LogP contribution in [-0.2, 0) is 14.3 Å². The lowest BCUT2D eigenvalue weighted by Gasteiger charge is -2.03. The Morgan fingerprint density at radius 1 is 1.00 bits per heavy atom. The van der Waals surface area contributed by atoms with Crippen LogP contribution in [0.4, 0.5) is 0 Å². The molecule has 0 saturated heterocycles. The topological polar surface area (TPSA) is 63.6 Å². The molecule has 0 saturated carbocycles. The van der Waals surface area contributed by atoms with Gasteiger partial charge in [-0.05, 0) is 12.8 Å². The number of carboxylic acid groups (broad SMARTS) is 1. The van der Waals surface area contributed by atoms with Crippen LogP contribution in [0.5, 0.6) is 0 Å². The van der Waals surface area contributed by atoms with Crippen LogP contribution in [-0.4, -0.2) is 23.7 Å². The summed E-state index contributed by atoms with van der Waals surface area (Å²) >= 11 is 0. The molecule has 0 aromatic rings. The maximum Gasteiger partial charge on any atom is 0.305 e. The first-order valence-electron chi connectivity index (χ1n) is 6.04. The number of hydrogen-bond donors (Lipinski definition) is 1. The molecule has 4 heteroatoms. The summed E-state index contributed by atoms with van der Waals surface area (Å²) in [6.45, 7) is 2.37. The summed E-state index contributed by atoms with van der Waals surface area (Å²) in [4.78, 5) is 21.3. The zero-order chi connectivity index (χ0) is 12.2. The van der Waals surface area contributed by atoms with Crippen molar-refractivity contribution >= 4 is 11.9 Å². The minimum atomic E-state index is -0.851. The standard InChI is InChI=1S/C12H22O4/c1-2-3-4-5-6-9-12(15)16-10-7-8-11(13)14/h2-10H2,1H3,(H,13,14). The van der Waals surface area contributed by atoms with Crippen molar-refractivity contribution in [3.63, 3.8) is 0 Å². The van der Waals surface area contributed by atoms with Crippen molar-refractivity contribution in [2.45, 2.75) is 58.3 Å². The molecule has 0 spiro atoms. The molecule has 0 bridgehead atoms. The molecule has 0 rings (SSSR count). The fourth-order valence-corrected chi connectivity index (χ4v) is 1.35. The third-order valence-electron chi connectivity index (χ3n) is 2.28. The number of carbonyl (C=O) groups is 2. The van der Waals surface area contributed by atoms with Crippen LogP contribution in [0, 0.1) is 0 Å². The Hall–Kier alpha value is -1.06. The average Bonchev–Trinajstić information content (AvgIpc) is 2.24. The van der Waals surface area contributed by atoms with Gasteiger partial charge in [0.05, 0.1) is 6.61 Å². The van der Waals surface area contributed by atoms with Crippen molar-refractivity contribution < 1.29 is 19.4 Å². The molecule has 0 amide bonds. The van der Waals surface area contributed by atoms with Gasteiger partial charge in [-0.2, -0.15) is 0 Å². The smallest absolute Gasteiger partial charge is 0.305 e. The molecule has 16 heavy (non-hydrogen) atoms. The van der Waals surface area contributed by atoms with Gasteiger partial charge in [-0.1, -0.05) is 32.6 Å². The van der Waals surface area contributed by atoms with E-state index >= 15 is 0 Å². The normalized spacial score (nSPS) is 10.1. The van der Waals surface area contributed by atoms with Crippen LogP contribution >= 0.6 is 0 Å². The van der Waals surface area contributed by atoms with Crippen molar-refractivity contribution in [3.8, 4) is 0 Å². The second-order valence-electron chi connectivity index (χ2n) is 3.88. The minimum Gasteiger partial charge on any atom is -0.481 e. The molecule has 4 nitrogen and oxygen atoms in total. The van der Waals surface area contributed by atoms with E-state index in [4.69, 9.17) is 9.84 Å². The fourth-order valence-electron chi connectivity index (χ4n) is 1.35. The van der Waals surface area contributed by atoms with Gasteiger partial charge in [0.1, 0.15) is 0 Å². The summed E-state index contributed by atoms with van der Waals surface area (Å²) in [6.07, 6.45) is 6.43. The second-order valence-corrected chi connectivity index (χ2v) is 3.88. The molecule has 0 aliphatic carbocycles. The Kier molecular flexibility index (Phi) is 9.76. The summed E-state index contributed by atoms with van der Waals surface area (Å²) in [5.41, 5.74) is 0. The monoisotopic (exact) mass is 230 g/mol. The maximum absolute atomic E-state index is 11.2. The molecule has 0 fully saturated rings. The van der Waals surface area contributed by atoms with Gasteiger partial charge in [-0.15, -0.1) is 0 Å². The first-order valence-corrected chi connectivity index (χ1v) is 6.04. The van der Waals surface area contributed by atoms with Crippen molar-refractivity contribution in [2.24, 2.45) is 0 Å². The lowest BCUT2D eigenvalue weighted by molar-refractivity contribution is -0.145. The summed E-state index contributed by atoms with van der Waals surface area (Å²) in [5, 5.41) is 8.36. The van der Waals surface area contributed by atoms with E-state index in [1.54, 1.807) is 0 Å². The molecule has 0 radical (unpaired) electrons. The number of hydrogen-bond acceptors (Lipinski definition) is 3. The van der Waals surface area contributed by atoms with Gasteiger partial charge in [0.15, 0.2) is 0 Å². The Labute approximate surface area is 97.0 Å². The lowest BCUT2D eigenvalue weighted by Crippen LogP contribution is -2.07. The highest BCUT2D eigenvalue weighted by molar-refractivity contribution is 5.69. The molecule has 0 aliphatic rings. The maximum atomic E-state index is 11.2. The van der Waals surface area contributed by atoms with E-state index in [-0.39, 0.29) is 19.0 Å². The van der Waals surface area contributed by atoms with Gasteiger partial charge in [0, 0.05) is 12.8 Å². The summed E-state index contributed by atoms with van der Waals surface area (Å²) in [7, 11) is 0. The summed E-state index contributed by atoms with van der Waals surface area (Å²) < 4.78 is 4.90. The Balaban J connectivity index is 3.21. The number of unbranched alkanes of at least 4 members (excludes halogenated alkanes) is 4. The highest BCUT2D eigenvalue weighted by atomic mass is 16.5. The largest absolute Gasteiger partial charge is 0.481 e. The third-order valence-corrected chi connectivity index (χ3v) is 2.28. The molecule has 1 N–H and O–H groups in total. The van der Waals surface area contributed by atoms with E-state index in [0.717, 1.165) is 12.8 Å². The van der Waals surface area contributed by atoms with Gasteiger partial charge >= 0.3 is 11.9 Å². The van der Waals surface area contributed by atoms with E-state index < -0.39 is 5.97 Å². The first kappa shape index (κ1) is 14.9. The zero-order valence-corrected chi connectivity index (χ0v) is 10.0. The molecule has 0 aliphatic heterocycles. The van der Waals surface area contributed by atoms with Gasteiger partial charge in [-0.3, -0.25) is 9.59 Å². The van der Waals surface area contributed by atoms with E-state index in [0.29, 0.717) is 12.8 Å². The fraction of sp³-hybridized carbons (Fsp3) is 0.833. The SMILES string of the molecule is CCCCCCCC(=O)OCCCC(=O)O. The van der Waals surface area contributed by atoms with Gasteiger partial charge in [-0.25, -0.2) is 0 Å². The highest BCUT2D eigenvalue weighted by Crippen LogP contribution is 2.05. The number of carboxylic acids is 1. The van der Waals surface area contributed by atoms with Gasteiger partial charge in [0.25, 0.3) is 0 Å². The molecular weight excluding hydrogens is 208 g/mol. The predicted molar refractivity (Wildman–Crippen MR) is 61.2 cm³/mol. The molecule has 0 aromatic carbocycles. The molecule has 0 heterocycles. The van der Waals surface area contributed by atoms with E-state index in [1.807, 2.05) is 0 Å². The first-order chi connectivity index (χ1) is 7.66. The van der Waals surface area contributed by atoms with E-state index in [1.165, 1.54) is 19.3 Å². The molecular formula is C12H22O4. The number of esters is 1. The van der Waals surface area contributed by atoms with Crippen molar-refractivity contribution in [3.05, 3.63) is 0 Å². The summed E-state index contributed by atoms with van der Waals surface area (Å²) in [6, 6.07) is 0. The van der Waals surface area contributed by atoms with Crippen LogP contribution < -0.4 is 0 Å². The highest BCUT2D eigenvalue weighted by Gasteiger charge is 2.03. The van der Waals surface area contributed by atoms with Crippen LogP contribution in [0.15, 0.2) is 0 Å². The third kappa shape index (κ3) is 11.0. The lowest BCUT2D eigenvalue weighted by atomic mass is 10.1. The van der Waals surface area contributed by atoms with Gasteiger partial charge in [0.2, 0.25) is 0 Å². The second kappa shape index (κ2) is 10.5. The molecule has 0 atom stereocenters. The summed E-state index contributed by atoms with van der Waals surface area (Å²) in [5.74, 6) is -1.06. The van der Waals surface area contributed by atoms with Gasteiger partial charge < -0.3 is 9.84 Å². The van der Waals surface area contributed by atoms with Crippen LogP contribution in [0.2, 0.25) is 0 Å². The average molecular weight is 230 g/mol.